The van der Waals surface area contributed by atoms with E-state index in [2.05, 4.69) is 22.4 Å². The van der Waals surface area contributed by atoms with Crippen LogP contribution in [0.15, 0.2) is 78.9 Å². The summed E-state index contributed by atoms with van der Waals surface area (Å²) in [5, 5.41) is 3.37. The van der Waals surface area contributed by atoms with Crippen molar-refractivity contribution < 1.29 is 9.13 Å². The monoisotopic (exact) mass is 375 g/mol. The highest BCUT2D eigenvalue weighted by Crippen LogP contribution is 2.25. The van der Waals surface area contributed by atoms with Gasteiger partial charge in [0.1, 0.15) is 5.82 Å². The number of imidazole rings is 1. The summed E-state index contributed by atoms with van der Waals surface area (Å²) in [5.74, 6) is 0.431. The van der Waals surface area contributed by atoms with Crippen LogP contribution in [0.1, 0.15) is 12.0 Å². The Morgan fingerprint density at radius 1 is 0.929 bits per heavy atom. The van der Waals surface area contributed by atoms with Gasteiger partial charge in [-0.3, -0.25) is 4.57 Å². The predicted octanol–water partition coefficient (Wildman–Crippen LogP) is 5.18. The van der Waals surface area contributed by atoms with E-state index in [1.54, 1.807) is 6.07 Å². The van der Waals surface area contributed by atoms with E-state index in [9.17, 15) is 4.39 Å². The first kappa shape index (κ1) is 18.2. The Kier molecular flexibility index (Phi) is 5.64. The van der Waals surface area contributed by atoms with Crippen LogP contribution in [0.25, 0.3) is 16.7 Å². The van der Waals surface area contributed by atoms with Crippen molar-refractivity contribution in [1.82, 2.24) is 9.55 Å². The second-order valence-electron chi connectivity index (χ2n) is 6.56. The zero-order valence-corrected chi connectivity index (χ0v) is 15.5. The molecule has 4 nitrogen and oxygen atoms in total. The second-order valence-corrected chi connectivity index (χ2v) is 6.56. The first-order valence-electron chi connectivity index (χ1n) is 9.40. The van der Waals surface area contributed by atoms with Gasteiger partial charge in [0.2, 0.25) is 5.95 Å². The van der Waals surface area contributed by atoms with E-state index < -0.39 is 0 Å². The van der Waals surface area contributed by atoms with Crippen molar-refractivity contribution in [3.63, 3.8) is 0 Å². The molecule has 0 amide bonds. The minimum Gasteiger partial charge on any atom is -0.377 e. The van der Waals surface area contributed by atoms with Gasteiger partial charge in [0.05, 0.1) is 17.6 Å². The van der Waals surface area contributed by atoms with E-state index in [-0.39, 0.29) is 5.82 Å². The number of rotatable bonds is 8. The summed E-state index contributed by atoms with van der Waals surface area (Å²) in [6.45, 7) is 1.98. The van der Waals surface area contributed by atoms with Gasteiger partial charge >= 0.3 is 0 Å². The molecular formula is C23H22FN3O. The lowest BCUT2D eigenvalue weighted by Crippen LogP contribution is -2.10. The molecule has 0 radical (unpaired) electrons. The first-order valence-corrected chi connectivity index (χ1v) is 9.40. The molecule has 0 aliphatic heterocycles. The number of hydrogen-bond acceptors (Lipinski definition) is 3. The molecule has 0 fully saturated rings. The Morgan fingerprint density at radius 3 is 2.46 bits per heavy atom. The van der Waals surface area contributed by atoms with Gasteiger partial charge in [-0.25, -0.2) is 9.37 Å². The molecule has 142 valence electrons. The molecule has 0 unspecified atom stereocenters. The van der Waals surface area contributed by atoms with E-state index in [1.807, 2.05) is 53.1 Å². The molecule has 1 heterocycles. The number of para-hydroxylation sites is 1. The standard InChI is InChI=1S/C23H22FN3O/c24-19-12-13-21-22(16-19)27(20-10-5-2-6-11-20)23(26-21)25-14-7-15-28-17-18-8-3-1-4-9-18/h1-6,8-13,16H,7,14-15,17H2,(H,25,26). The number of ether oxygens (including phenoxy) is 1. The summed E-state index contributed by atoms with van der Waals surface area (Å²) in [6.07, 6.45) is 0.846. The van der Waals surface area contributed by atoms with Crippen molar-refractivity contribution in [2.75, 3.05) is 18.5 Å². The molecule has 28 heavy (non-hydrogen) atoms. The molecule has 5 heteroatoms. The maximum atomic E-state index is 13.8. The SMILES string of the molecule is Fc1ccc2nc(NCCCOCc3ccccc3)n(-c3ccccc3)c2c1. The lowest BCUT2D eigenvalue weighted by atomic mass is 10.2. The van der Waals surface area contributed by atoms with Gasteiger partial charge < -0.3 is 10.1 Å². The third kappa shape index (κ3) is 4.21. The molecule has 0 aliphatic rings. The Bertz CT molecular complexity index is 1030. The van der Waals surface area contributed by atoms with E-state index >= 15 is 0 Å². The van der Waals surface area contributed by atoms with E-state index in [0.717, 1.165) is 23.1 Å². The zero-order chi connectivity index (χ0) is 19.2. The van der Waals surface area contributed by atoms with Crippen LogP contribution in [0.2, 0.25) is 0 Å². The molecule has 0 atom stereocenters. The molecule has 0 aliphatic carbocycles. The third-order valence-corrected chi connectivity index (χ3v) is 4.49. The summed E-state index contributed by atoms with van der Waals surface area (Å²) in [7, 11) is 0. The van der Waals surface area contributed by atoms with Crippen molar-refractivity contribution in [3.8, 4) is 5.69 Å². The van der Waals surface area contributed by atoms with E-state index in [4.69, 9.17) is 4.74 Å². The molecule has 0 saturated heterocycles. The number of benzene rings is 3. The maximum absolute atomic E-state index is 13.8. The van der Waals surface area contributed by atoms with Gasteiger partial charge in [-0.15, -0.1) is 0 Å². The fourth-order valence-electron chi connectivity index (χ4n) is 3.14. The number of nitrogens with one attached hydrogen (secondary N) is 1. The molecular weight excluding hydrogens is 353 g/mol. The highest BCUT2D eigenvalue weighted by atomic mass is 19.1. The number of hydrogen-bond donors (Lipinski definition) is 1. The summed E-state index contributed by atoms with van der Waals surface area (Å²) >= 11 is 0. The Labute approximate surface area is 163 Å². The number of fused-ring (bicyclic) bond motifs is 1. The van der Waals surface area contributed by atoms with Crippen LogP contribution >= 0.6 is 0 Å². The highest BCUT2D eigenvalue weighted by molar-refractivity contribution is 5.81. The molecule has 0 spiro atoms. The molecule has 0 saturated carbocycles. The number of aromatic nitrogens is 2. The summed E-state index contributed by atoms with van der Waals surface area (Å²) in [6, 6.07) is 24.6. The van der Waals surface area contributed by atoms with Crippen LogP contribution in [-0.2, 0) is 11.3 Å². The highest BCUT2D eigenvalue weighted by Gasteiger charge is 2.12. The summed E-state index contributed by atoms with van der Waals surface area (Å²) in [5.41, 5.74) is 3.61. The molecule has 4 aromatic rings. The van der Waals surface area contributed by atoms with Crippen LogP contribution in [-0.4, -0.2) is 22.7 Å². The van der Waals surface area contributed by atoms with Crippen LogP contribution in [0.5, 0.6) is 0 Å². The molecule has 4 rings (SSSR count). The average molecular weight is 375 g/mol. The second kappa shape index (κ2) is 8.67. The Balaban J connectivity index is 1.42. The van der Waals surface area contributed by atoms with Crippen LogP contribution in [0.4, 0.5) is 10.3 Å². The molecule has 3 aromatic carbocycles. The quantitative estimate of drug-likeness (QED) is 0.431. The van der Waals surface area contributed by atoms with E-state index in [1.165, 1.54) is 17.7 Å². The van der Waals surface area contributed by atoms with Gasteiger partial charge in [0.15, 0.2) is 0 Å². The molecule has 0 bridgehead atoms. The minimum absolute atomic E-state index is 0.273. The largest absolute Gasteiger partial charge is 0.377 e. The van der Waals surface area contributed by atoms with Crippen LogP contribution < -0.4 is 5.32 Å². The lowest BCUT2D eigenvalue weighted by molar-refractivity contribution is 0.120. The fourth-order valence-corrected chi connectivity index (χ4v) is 3.14. The average Bonchev–Trinajstić information content (AvgIpc) is 3.09. The summed E-state index contributed by atoms with van der Waals surface area (Å²) in [4.78, 5) is 4.64. The number of halogens is 1. The van der Waals surface area contributed by atoms with E-state index in [0.29, 0.717) is 25.7 Å². The van der Waals surface area contributed by atoms with Gasteiger partial charge in [0.25, 0.3) is 0 Å². The van der Waals surface area contributed by atoms with Crippen LogP contribution in [0.3, 0.4) is 0 Å². The van der Waals surface area contributed by atoms with Crippen molar-refractivity contribution >= 4 is 17.0 Å². The smallest absolute Gasteiger partial charge is 0.208 e. The van der Waals surface area contributed by atoms with Gasteiger partial charge in [-0.05, 0) is 36.2 Å². The number of nitrogens with zero attached hydrogens (tertiary/aromatic N) is 2. The topological polar surface area (TPSA) is 39.1 Å². The van der Waals surface area contributed by atoms with Gasteiger partial charge in [-0.2, -0.15) is 0 Å². The van der Waals surface area contributed by atoms with Crippen molar-refractivity contribution in [2.45, 2.75) is 13.0 Å². The van der Waals surface area contributed by atoms with Gasteiger partial charge in [-0.1, -0.05) is 48.5 Å². The maximum Gasteiger partial charge on any atom is 0.208 e. The van der Waals surface area contributed by atoms with Crippen molar-refractivity contribution in [2.24, 2.45) is 0 Å². The predicted molar refractivity (Wildman–Crippen MR) is 110 cm³/mol. The third-order valence-electron chi connectivity index (χ3n) is 4.49. The zero-order valence-electron chi connectivity index (χ0n) is 15.5. The van der Waals surface area contributed by atoms with Crippen LogP contribution in [0, 0.1) is 5.82 Å². The normalized spacial score (nSPS) is 11.0. The van der Waals surface area contributed by atoms with Gasteiger partial charge in [0, 0.05) is 24.9 Å². The van der Waals surface area contributed by atoms with Crippen molar-refractivity contribution in [1.29, 1.82) is 0 Å². The van der Waals surface area contributed by atoms with Crippen molar-refractivity contribution in [3.05, 3.63) is 90.2 Å². The molecule has 1 N–H and O–H groups in total. The lowest BCUT2D eigenvalue weighted by Gasteiger charge is -2.11. The number of anilines is 1. The first-order chi connectivity index (χ1) is 13.8. The minimum atomic E-state index is -0.273. The Morgan fingerprint density at radius 2 is 1.68 bits per heavy atom. The molecule has 1 aromatic heterocycles. The Hall–Kier alpha value is -3.18. The fraction of sp³-hybridized carbons (Fsp3) is 0.174. The summed E-state index contributed by atoms with van der Waals surface area (Å²) < 4.78 is 21.5.